The first-order valence-electron chi connectivity index (χ1n) is 11.0. The van der Waals surface area contributed by atoms with Crippen molar-refractivity contribution in [3.8, 4) is 11.5 Å². The lowest BCUT2D eigenvalue weighted by atomic mass is 10.2. The number of amides is 2. The van der Waals surface area contributed by atoms with E-state index >= 15 is 0 Å². The fourth-order valence-electron chi connectivity index (χ4n) is 3.54. The van der Waals surface area contributed by atoms with E-state index in [1.807, 2.05) is 18.2 Å². The molecule has 33 heavy (non-hydrogen) atoms. The van der Waals surface area contributed by atoms with Crippen molar-refractivity contribution >= 4 is 29.3 Å². The molecule has 0 aliphatic rings. The van der Waals surface area contributed by atoms with Crippen molar-refractivity contribution in [3.63, 3.8) is 0 Å². The van der Waals surface area contributed by atoms with E-state index in [2.05, 4.69) is 43.2 Å². The molecule has 0 spiro atoms. The Kier molecular flexibility index (Phi) is 10.5. The zero-order valence-corrected chi connectivity index (χ0v) is 21.1. The maximum Gasteiger partial charge on any atom is 0.252 e. The number of hydrogen-bond donors (Lipinski definition) is 2. The summed E-state index contributed by atoms with van der Waals surface area (Å²) < 4.78 is 10.5. The molecule has 0 unspecified atom stereocenters. The molecule has 2 rings (SSSR count). The molecule has 0 bridgehead atoms. The van der Waals surface area contributed by atoms with Gasteiger partial charge in [-0.05, 0) is 52.0 Å². The molecule has 2 N–H and O–H groups in total. The Hall–Kier alpha value is -2.71. The van der Waals surface area contributed by atoms with E-state index in [4.69, 9.17) is 9.47 Å². The number of thioether (sulfide) groups is 1. The molecule has 0 radical (unpaired) electrons. The van der Waals surface area contributed by atoms with Gasteiger partial charge in [-0.15, -0.1) is 11.8 Å². The smallest absolute Gasteiger partial charge is 0.252 e. The van der Waals surface area contributed by atoms with Crippen molar-refractivity contribution in [2.24, 2.45) is 0 Å². The van der Waals surface area contributed by atoms with Gasteiger partial charge >= 0.3 is 0 Å². The number of nitrogens with zero attached hydrogens (tertiary/aromatic N) is 1. The van der Waals surface area contributed by atoms with Crippen LogP contribution < -0.4 is 20.1 Å². The van der Waals surface area contributed by atoms with Crippen molar-refractivity contribution in [1.82, 2.24) is 10.2 Å². The second kappa shape index (κ2) is 13.1. The topological polar surface area (TPSA) is 79.9 Å². The van der Waals surface area contributed by atoms with E-state index in [1.165, 1.54) is 11.8 Å². The molecule has 7 nitrogen and oxygen atoms in total. The van der Waals surface area contributed by atoms with Gasteiger partial charge in [-0.25, -0.2) is 0 Å². The van der Waals surface area contributed by atoms with Crippen LogP contribution in [0.3, 0.4) is 0 Å². The lowest BCUT2D eigenvalue weighted by Crippen LogP contribution is -2.42. The summed E-state index contributed by atoms with van der Waals surface area (Å²) in [6.07, 6.45) is 0. The predicted octanol–water partition coefficient (Wildman–Crippen LogP) is 4.28. The molecule has 8 heteroatoms. The molecule has 2 aromatic rings. The lowest BCUT2D eigenvalue weighted by Gasteiger charge is -2.30. The maximum absolute atomic E-state index is 12.8. The van der Waals surface area contributed by atoms with Gasteiger partial charge in [0.1, 0.15) is 0 Å². The summed E-state index contributed by atoms with van der Waals surface area (Å²) in [4.78, 5) is 28.4. The normalized spacial score (nSPS) is 11.1. The highest BCUT2D eigenvalue weighted by atomic mass is 32.2. The van der Waals surface area contributed by atoms with Gasteiger partial charge in [-0.1, -0.05) is 12.1 Å². The van der Waals surface area contributed by atoms with Gasteiger partial charge in [0.25, 0.3) is 5.91 Å². The zero-order chi connectivity index (χ0) is 24.4. The molecule has 2 amide bonds. The summed E-state index contributed by atoms with van der Waals surface area (Å²) >= 11 is 1.33. The minimum Gasteiger partial charge on any atom is -0.493 e. The predicted molar refractivity (Wildman–Crippen MR) is 135 cm³/mol. The van der Waals surface area contributed by atoms with Gasteiger partial charge in [-0.3, -0.25) is 14.5 Å². The van der Waals surface area contributed by atoms with Crippen molar-refractivity contribution in [2.75, 3.05) is 38.4 Å². The fraction of sp³-hybridized carbons (Fsp3) is 0.440. The summed E-state index contributed by atoms with van der Waals surface area (Å²) in [7, 11) is 3.11. The summed E-state index contributed by atoms with van der Waals surface area (Å²) in [5.41, 5.74) is 1.19. The molecular formula is C25H35N3O4S. The van der Waals surface area contributed by atoms with Crippen LogP contribution in [0.2, 0.25) is 0 Å². The molecule has 0 aliphatic carbocycles. The number of hydrogen-bond acceptors (Lipinski definition) is 6. The monoisotopic (exact) mass is 473 g/mol. The van der Waals surface area contributed by atoms with Crippen LogP contribution in [0, 0.1) is 0 Å². The van der Waals surface area contributed by atoms with Gasteiger partial charge in [-0.2, -0.15) is 0 Å². The van der Waals surface area contributed by atoms with E-state index in [-0.39, 0.29) is 17.6 Å². The number of nitrogens with one attached hydrogen (secondary N) is 2. The minimum absolute atomic E-state index is 0.133. The highest BCUT2D eigenvalue weighted by molar-refractivity contribution is 8.00. The Labute approximate surface area is 201 Å². The first-order valence-corrected chi connectivity index (χ1v) is 12.0. The van der Waals surface area contributed by atoms with Crippen molar-refractivity contribution in [2.45, 2.75) is 44.7 Å². The number of anilines is 1. The van der Waals surface area contributed by atoms with Crippen molar-refractivity contribution < 1.29 is 19.1 Å². The quantitative estimate of drug-likeness (QED) is 0.448. The SMILES string of the molecule is COc1ccc(NC(=O)CSc2ccccc2C(=O)NCCN(C(C)C)C(C)C)cc1OC. The van der Waals surface area contributed by atoms with Crippen LogP contribution in [-0.2, 0) is 4.79 Å². The first-order chi connectivity index (χ1) is 15.8. The Morgan fingerprint density at radius 2 is 1.64 bits per heavy atom. The first kappa shape index (κ1) is 26.5. The highest BCUT2D eigenvalue weighted by Crippen LogP contribution is 2.30. The number of carbonyl (C=O) groups excluding carboxylic acids is 2. The summed E-state index contributed by atoms with van der Waals surface area (Å²) in [6.45, 7) is 9.96. The van der Waals surface area contributed by atoms with Gasteiger partial charge in [0, 0.05) is 41.8 Å². The second-order valence-electron chi connectivity index (χ2n) is 8.08. The van der Waals surface area contributed by atoms with Gasteiger partial charge < -0.3 is 20.1 Å². The van der Waals surface area contributed by atoms with Gasteiger partial charge in [0.05, 0.1) is 25.5 Å². The lowest BCUT2D eigenvalue weighted by molar-refractivity contribution is -0.113. The third-order valence-corrected chi connectivity index (χ3v) is 6.21. The van der Waals surface area contributed by atoms with Crippen LogP contribution in [0.4, 0.5) is 5.69 Å². The molecule has 180 valence electrons. The molecule has 0 heterocycles. The molecule has 0 aromatic heterocycles. The van der Waals surface area contributed by atoms with Crippen LogP contribution in [0.1, 0.15) is 38.1 Å². The van der Waals surface area contributed by atoms with Crippen molar-refractivity contribution in [1.29, 1.82) is 0 Å². The number of ether oxygens (including phenoxy) is 2. The Balaban J connectivity index is 1.94. The minimum atomic E-state index is -0.174. The molecule has 0 aliphatic heterocycles. The number of methoxy groups -OCH3 is 2. The molecule has 0 fully saturated rings. The Morgan fingerprint density at radius 1 is 0.970 bits per heavy atom. The van der Waals surface area contributed by atoms with E-state index < -0.39 is 0 Å². The Bertz CT molecular complexity index is 926. The molecule has 2 aromatic carbocycles. The molecule has 0 atom stereocenters. The van der Waals surface area contributed by atoms with Gasteiger partial charge in [0.15, 0.2) is 11.5 Å². The fourth-order valence-corrected chi connectivity index (χ4v) is 4.39. The average molecular weight is 474 g/mol. The third-order valence-electron chi connectivity index (χ3n) is 5.14. The number of carbonyl (C=O) groups is 2. The van der Waals surface area contributed by atoms with Crippen LogP contribution in [-0.4, -0.2) is 61.9 Å². The van der Waals surface area contributed by atoms with Crippen molar-refractivity contribution in [3.05, 3.63) is 48.0 Å². The molecule has 0 saturated carbocycles. The van der Waals surface area contributed by atoms with E-state index in [0.717, 1.165) is 11.4 Å². The van der Waals surface area contributed by atoms with E-state index in [9.17, 15) is 9.59 Å². The van der Waals surface area contributed by atoms with E-state index in [0.29, 0.717) is 41.4 Å². The summed E-state index contributed by atoms with van der Waals surface area (Å²) in [5.74, 6) is 0.999. The highest BCUT2D eigenvalue weighted by Gasteiger charge is 2.16. The van der Waals surface area contributed by atoms with Crippen LogP contribution in [0.15, 0.2) is 47.4 Å². The third kappa shape index (κ3) is 7.98. The van der Waals surface area contributed by atoms with Crippen LogP contribution in [0.5, 0.6) is 11.5 Å². The van der Waals surface area contributed by atoms with Crippen LogP contribution >= 0.6 is 11.8 Å². The molecule has 0 saturated heterocycles. The number of benzene rings is 2. The standard InChI is InChI=1S/C25H35N3O4S/c1-17(2)28(18(3)4)14-13-26-25(30)20-9-7-8-10-23(20)33-16-24(29)27-19-11-12-21(31-5)22(15-19)32-6/h7-12,15,17-18H,13-14,16H2,1-6H3,(H,26,30)(H,27,29). The largest absolute Gasteiger partial charge is 0.493 e. The van der Waals surface area contributed by atoms with E-state index in [1.54, 1.807) is 38.5 Å². The summed E-state index contributed by atoms with van der Waals surface area (Å²) in [6, 6.07) is 13.4. The second-order valence-corrected chi connectivity index (χ2v) is 9.10. The van der Waals surface area contributed by atoms with Gasteiger partial charge in [0.2, 0.25) is 5.91 Å². The Morgan fingerprint density at radius 3 is 2.27 bits per heavy atom. The molecular weight excluding hydrogens is 438 g/mol. The number of rotatable bonds is 12. The summed E-state index contributed by atoms with van der Waals surface area (Å²) in [5, 5.41) is 5.86. The maximum atomic E-state index is 12.8. The average Bonchev–Trinajstić information content (AvgIpc) is 2.79. The zero-order valence-electron chi connectivity index (χ0n) is 20.3. The van der Waals surface area contributed by atoms with Crippen LogP contribution in [0.25, 0.3) is 0 Å².